The van der Waals surface area contributed by atoms with Gasteiger partial charge in [0.15, 0.2) is 0 Å². The molecular formula is C16H21FN2O2. The monoisotopic (exact) mass is 292 g/mol. The van der Waals surface area contributed by atoms with Gasteiger partial charge in [-0.25, -0.2) is 0 Å². The largest absolute Gasteiger partial charge is 0.305 e. The van der Waals surface area contributed by atoms with Gasteiger partial charge in [0.1, 0.15) is 0 Å². The summed E-state index contributed by atoms with van der Waals surface area (Å²) in [6, 6.07) is 2.60. The van der Waals surface area contributed by atoms with Crippen LogP contribution in [0.5, 0.6) is 0 Å². The second-order valence-electron chi connectivity index (χ2n) is 6.95. The van der Waals surface area contributed by atoms with Crippen LogP contribution < -0.4 is 5.32 Å². The summed E-state index contributed by atoms with van der Waals surface area (Å²) in [5, 5.41) is 14.3. The third-order valence-electron chi connectivity index (χ3n) is 3.66. The molecule has 0 aliphatic carbocycles. The molecule has 1 aliphatic rings. The first kappa shape index (κ1) is 15.6. The smallest absolute Gasteiger partial charge is 0.303 e. The van der Waals surface area contributed by atoms with Crippen molar-refractivity contribution in [1.29, 1.82) is 0 Å². The maximum absolute atomic E-state index is 13.9. The summed E-state index contributed by atoms with van der Waals surface area (Å²) in [6.07, 6.45) is 2.82. The molecule has 1 N–H and O–H groups in total. The highest BCUT2D eigenvalue weighted by Gasteiger charge is 2.33. The summed E-state index contributed by atoms with van der Waals surface area (Å²) in [7, 11) is 0. The molecule has 0 bridgehead atoms. The van der Waals surface area contributed by atoms with Gasteiger partial charge in [-0.05, 0) is 63.8 Å². The van der Waals surface area contributed by atoms with Crippen LogP contribution in [-0.4, -0.2) is 16.0 Å². The van der Waals surface area contributed by atoms with E-state index in [9.17, 15) is 14.5 Å². The number of nitrogens with zero attached hydrogens (tertiary/aromatic N) is 1. The van der Waals surface area contributed by atoms with Gasteiger partial charge in [-0.3, -0.25) is 10.1 Å². The Morgan fingerprint density at radius 1 is 1.29 bits per heavy atom. The molecule has 0 atom stereocenters. The van der Waals surface area contributed by atoms with Crippen LogP contribution in [0.1, 0.15) is 45.2 Å². The highest BCUT2D eigenvalue weighted by atomic mass is 19.1. The van der Waals surface area contributed by atoms with Crippen molar-refractivity contribution in [3.63, 3.8) is 0 Å². The fraction of sp³-hybridized carbons (Fsp3) is 0.500. The molecular weight excluding hydrogens is 271 g/mol. The van der Waals surface area contributed by atoms with Gasteiger partial charge in [0.05, 0.1) is 4.92 Å². The summed E-state index contributed by atoms with van der Waals surface area (Å²) >= 11 is 0. The number of hydrogen-bond acceptors (Lipinski definition) is 3. The lowest BCUT2D eigenvalue weighted by atomic mass is 9.80. The number of nitrogens with one attached hydrogen (secondary N) is 1. The molecule has 0 unspecified atom stereocenters. The van der Waals surface area contributed by atoms with Crippen molar-refractivity contribution < 1.29 is 9.31 Å². The molecule has 5 heteroatoms. The van der Waals surface area contributed by atoms with Gasteiger partial charge in [0, 0.05) is 17.1 Å². The molecule has 0 radical (unpaired) electrons. The van der Waals surface area contributed by atoms with Gasteiger partial charge in [-0.15, -0.1) is 0 Å². The molecule has 0 aromatic heterocycles. The van der Waals surface area contributed by atoms with Crippen LogP contribution >= 0.6 is 0 Å². The fourth-order valence-electron chi connectivity index (χ4n) is 3.24. The summed E-state index contributed by atoms with van der Waals surface area (Å²) < 4.78 is 13.9. The maximum atomic E-state index is 13.9. The predicted octanol–water partition coefficient (Wildman–Crippen LogP) is 3.98. The van der Waals surface area contributed by atoms with E-state index in [0.29, 0.717) is 0 Å². The molecule has 0 saturated carbocycles. The number of nitro benzene ring substituents is 1. The Balaban J connectivity index is 2.54. The number of halogens is 1. The highest BCUT2D eigenvalue weighted by molar-refractivity contribution is 5.72. The van der Waals surface area contributed by atoms with Crippen molar-refractivity contribution in [2.45, 2.75) is 52.1 Å². The van der Waals surface area contributed by atoms with Gasteiger partial charge in [0.2, 0.25) is 5.82 Å². The number of nitro groups is 1. The third kappa shape index (κ3) is 3.29. The summed E-state index contributed by atoms with van der Waals surface area (Å²) in [5.41, 5.74) is 1.71. The first-order chi connectivity index (χ1) is 9.51. The zero-order chi connectivity index (χ0) is 16.0. The van der Waals surface area contributed by atoms with Crippen molar-refractivity contribution in [3.8, 4) is 0 Å². The molecule has 4 nitrogen and oxygen atoms in total. The standard InChI is InChI=1S/C16H21FN2O2/c1-10-6-14(19(20)21)13(17)7-12(10)11-8-15(2,3)18-16(4,5)9-11/h6-8,18H,9H2,1-5H3. The van der Waals surface area contributed by atoms with Gasteiger partial charge >= 0.3 is 5.69 Å². The lowest BCUT2D eigenvalue weighted by Gasteiger charge is -2.41. The SMILES string of the molecule is Cc1cc([N+](=O)[O-])c(F)cc1C1=CC(C)(C)NC(C)(C)C1. The lowest BCUT2D eigenvalue weighted by Crippen LogP contribution is -2.53. The highest BCUT2D eigenvalue weighted by Crippen LogP contribution is 2.36. The minimum absolute atomic E-state index is 0.113. The first-order valence-electron chi connectivity index (χ1n) is 6.97. The van der Waals surface area contributed by atoms with Crippen LogP contribution in [-0.2, 0) is 0 Å². The Kier molecular flexibility index (Phi) is 3.66. The van der Waals surface area contributed by atoms with E-state index in [1.165, 1.54) is 12.1 Å². The minimum atomic E-state index is -0.782. The predicted molar refractivity (Wildman–Crippen MR) is 81.7 cm³/mol. The third-order valence-corrected chi connectivity index (χ3v) is 3.66. The van der Waals surface area contributed by atoms with E-state index in [1.807, 2.05) is 0 Å². The zero-order valence-corrected chi connectivity index (χ0v) is 13.1. The molecule has 0 spiro atoms. The van der Waals surface area contributed by atoms with Crippen LogP contribution in [0, 0.1) is 22.9 Å². The zero-order valence-electron chi connectivity index (χ0n) is 13.1. The van der Waals surface area contributed by atoms with Crippen molar-refractivity contribution in [1.82, 2.24) is 5.32 Å². The maximum Gasteiger partial charge on any atom is 0.305 e. The molecule has 21 heavy (non-hydrogen) atoms. The molecule has 1 heterocycles. The first-order valence-corrected chi connectivity index (χ1v) is 6.97. The van der Waals surface area contributed by atoms with Crippen LogP contribution in [0.4, 0.5) is 10.1 Å². The minimum Gasteiger partial charge on any atom is -0.303 e. The fourth-order valence-corrected chi connectivity index (χ4v) is 3.24. The van der Waals surface area contributed by atoms with E-state index >= 15 is 0 Å². The Labute approximate surface area is 124 Å². The molecule has 2 rings (SSSR count). The van der Waals surface area contributed by atoms with Crippen LogP contribution in [0.25, 0.3) is 5.57 Å². The van der Waals surface area contributed by atoms with Crippen molar-refractivity contribution >= 4 is 11.3 Å². The molecule has 1 aromatic rings. The van der Waals surface area contributed by atoms with Crippen molar-refractivity contribution in [3.05, 3.63) is 45.3 Å². The Morgan fingerprint density at radius 3 is 2.43 bits per heavy atom. The summed E-state index contributed by atoms with van der Waals surface area (Å²) in [5.74, 6) is -0.782. The molecule has 0 fully saturated rings. The molecule has 1 aliphatic heterocycles. The second kappa shape index (κ2) is 4.91. The quantitative estimate of drug-likeness (QED) is 0.662. The van der Waals surface area contributed by atoms with Crippen LogP contribution in [0.15, 0.2) is 18.2 Å². The topological polar surface area (TPSA) is 55.2 Å². The molecule has 0 saturated heterocycles. The number of aryl methyl sites for hydroxylation is 1. The van der Waals surface area contributed by atoms with Gasteiger partial charge in [-0.2, -0.15) is 4.39 Å². The van der Waals surface area contributed by atoms with Crippen molar-refractivity contribution in [2.24, 2.45) is 0 Å². The molecule has 1 aromatic carbocycles. The van der Waals surface area contributed by atoms with E-state index < -0.39 is 16.4 Å². The number of hydrogen-bond donors (Lipinski definition) is 1. The van der Waals surface area contributed by atoms with Crippen LogP contribution in [0.2, 0.25) is 0 Å². The van der Waals surface area contributed by atoms with Gasteiger partial charge in [0.25, 0.3) is 0 Å². The average molecular weight is 292 g/mol. The Bertz CT molecular complexity index is 633. The number of rotatable bonds is 2. The van der Waals surface area contributed by atoms with E-state index in [4.69, 9.17) is 0 Å². The summed E-state index contributed by atoms with van der Waals surface area (Å²) in [6.45, 7) is 10.1. The van der Waals surface area contributed by atoms with E-state index in [0.717, 1.165) is 23.1 Å². The van der Waals surface area contributed by atoms with Gasteiger partial charge < -0.3 is 5.32 Å². The van der Waals surface area contributed by atoms with E-state index in [-0.39, 0.29) is 11.1 Å². The summed E-state index contributed by atoms with van der Waals surface area (Å²) in [4.78, 5) is 10.1. The van der Waals surface area contributed by atoms with E-state index in [2.05, 4.69) is 39.1 Å². The Hall–Kier alpha value is -1.75. The lowest BCUT2D eigenvalue weighted by molar-refractivity contribution is -0.387. The Morgan fingerprint density at radius 2 is 1.90 bits per heavy atom. The van der Waals surface area contributed by atoms with Gasteiger partial charge in [-0.1, -0.05) is 6.08 Å². The average Bonchev–Trinajstić information content (AvgIpc) is 2.27. The molecule has 0 amide bonds. The molecule has 114 valence electrons. The van der Waals surface area contributed by atoms with Crippen molar-refractivity contribution in [2.75, 3.05) is 0 Å². The van der Waals surface area contributed by atoms with Crippen LogP contribution in [0.3, 0.4) is 0 Å². The normalized spacial score (nSPS) is 20.0. The number of benzene rings is 1. The van der Waals surface area contributed by atoms with E-state index in [1.54, 1.807) is 6.92 Å². The second-order valence-corrected chi connectivity index (χ2v) is 6.95.